The molecule has 0 aliphatic rings. The largest absolute Gasteiger partial charge is 0.471 e. The molecular formula is C24H21N7OS. The van der Waals surface area contributed by atoms with E-state index in [1.165, 1.54) is 16.7 Å². The molecule has 8 nitrogen and oxygen atoms in total. The van der Waals surface area contributed by atoms with E-state index in [1.807, 2.05) is 31.3 Å². The summed E-state index contributed by atoms with van der Waals surface area (Å²) in [5, 5.41) is 10.3. The second kappa shape index (κ2) is 7.35. The van der Waals surface area contributed by atoms with Crippen molar-refractivity contribution in [1.82, 2.24) is 34.3 Å². The molecule has 0 amide bonds. The molecule has 0 saturated carbocycles. The van der Waals surface area contributed by atoms with Crippen molar-refractivity contribution >= 4 is 37.4 Å². The Labute approximate surface area is 193 Å². The molecule has 0 radical (unpaired) electrons. The number of benzene rings is 1. The number of hydrogen-bond acceptors (Lipinski definition) is 7. The summed E-state index contributed by atoms with van der Waals surface area (Å²) in [4.78, 5) is 15.1. The Morgan fingerprint density at radius 3 is 2.61 bits per heavy atom. The van der Waals surface area contributed by atoms with Crippen LogP contribution in [0.15, 0.2) is 42.9 Å². The van der Waals surface area contributed by atoms with E-state index in [2.05, 4.69) is 48.1 Å². The summed E-state index contributed by atoms with van der Waals surface area (Å²) < 4.78 is 10.3. The van der Waals surface area contributed by atoms with Crippen LogP contribution in [0, 0.1) is 27.7 Å². The van der Waals surface area contributed by atoms with Gasteiger partial charge in [0.05, 0.1) is 5.52 Å². The van der Waals surface area contributed by atoms with Gasteiger partial charge in [-0.25, -0.2) is 24.1 Å². The van der Waals surface area contributed by atoms with Crippen molar-refractivity contribution in [2.24, 2.45) is 0 Å². The van der Waals surface area contributed by atoms with Gasteiger partial charge in [0.1, 0.15) is 27.3 Å². The Balaban J connectivity index is 1.34. The maximum Gasteiger partial charge on any atom is 0.202 e. The van der Waals surface area contributed by atoms with Crippen molar-refractivity contribution in [3.8, 4) is 17.3 Å². The van der Waals surface area contributed by atoms with Gasteiger partial charge < -0.3 is 4.74 Å². The summed E-state index contributed by atoms with van der Waals surface area (Å²) >= 11 is 1.60. The van der Waals surface area contributed by atoms with Crippen molar-refractivity contribution in [1.29, 1.82) is 0 Å². The van der Waals surface area contributed by atoms with Crippen molar-refractivity contribution in [3.63, 3.8) is 0 Å². The van der Waals surface area contributed by atoms with E-state index in [0.29, 0.717) is 18.2 Å². The van der Waals surface area contributed by atoms with Gasteiger partial charge in [-0.05, 0) is 68.7 Å². The topological polar surface area (TPSA) is 83.0 Å². The van der Waals surface area contributed by atoms with Crippen molar-refractivity contribution in [3.05, 3.63) is 65.2 Å². The smallest absolute Gasteiger partial charge is 0.202 e. The van der Waals surface area contributed by atoms with Crippen LogP contribution in [0.3, 0.4) is 0 Å². The minimum absolute atomic E-state index is 0.308. The summed E-state index contributed by atoms with van der Waals surface area (Å²) in [6.45, 7) is 8.53. The van der Waals surface area contributed by atoms with Gasteiger partial charge in [-0.3, -0.25) is 0 Å². The molecule has 0 N–H and O–H groups in total. The van der Waals surface area contributed by atoms with Gasteiger partial charge in [0.15, 0.2) is 12.4 Å². The van der Waals surface area contributed by atoms with Gasteiger partial charge in [0, 0.05) is 17.3 Å². The minimum Gasteiger partial charge on any atom is -0.471 e. The fourth-order valence-corrected chi connectivity index (χ4v) is 5.41. The summed E-state index contributed by atoms with van der Waals surface area (Å²) in [5.74, 6) is 1.38. The molecule has 33 heavy (non-hydrogen) atoms. The highest BCUT2D eigenvalue weighted by Crippen LogP contribution is 2.35. The average Bonchev–Trinajstić information content (AvgIpc) is 3.47. The normalized spacial score (nSPS) is 11.8. The fourth-order valence-electron chi connectivity index (χ4n) is 4.19. The van der Waals surface area contributed by atoms with Gasteiger partial charge in [-0.2, -0.15) is 5.10 Å². The van der Waals surface area contributed by atoms with Gasteiger partial charge in [0.25, 0.3) is 0 Å². The average molecular weight is 456 g/mol. The number of pyridine rings is 1. The third-order valence-electron chi connectivity index (χ3n) is 5.52. The first-order chi connectivity index (χ1) is 15.9. The van der Waals surface area contributed by atoms with Crippen molar-refractivity contribution in [2.45, 2.75) is 34.4 Å². The van der Waals surface area contributed by atoms with Crippen LogP contribution in [-0.2, 0) is 6.73 Å². The monoisotopic (exact) mass is 455 g/mol. The van der Waals surface area contributed by atoms with E-state index in [0.717, 1.165) is 37.5 Å². The zero-order chi connectivity index (χ0) is 22.7. The number of rotatable bonds is 4. The summed E-state index contributed by atoms with van der Waals surface area (Å²) in [7, 11) is 0. The molecule has 5 aromatic heterocycles. The molecule has 0 bridgehead atoms. The highest BCUT2D eigenvalue weighted by molar-refractivity contribution is 7.26. The van der Waals surface area contributed by atoms with Gasteiger partial charge in [0.2, 0.25) is 5.82 Å². The molecular weight excluding hydrogens is 434 g/mol. The Morgan fingerprint density at radius 2 is 1.79 bits per heavy atom. The van der Waals surface area contributed by atoms with Crippen LogP contribution in [0.4, 0.5) is 0 Å². The van der Waals surface area contributed by atoms with E-state index in [9.17, 15) is 0 Å². The lowest BCUT2D eigenvalue weighted by molar-refractivity contribution is 0.221. The Hall–Kier alpha value is -3.85. The molecule has 0 spiro atoms. The molecule has 0 saturated heterocycles. The fraction of sp³-hybridized carbons (Fsp3) is 0.208. The molecule has 0 aliphatic heterocycles. The Bertz CT molecular complexity index is 1660. The zero-order valence-electron chi connectivity index (χ0n) is 18.7. The van der Waals surface area contributed by atoms with Crippen LogP contribution >= 0.6 is 11.3 Å². The highest BCUT2D eigenvalue weighted by Gasteiger charge is 2.17. The van der Waals surface area contributed by atoms with Gasteiger partial charge in [-0.15, -0.1) is 16.4 Å². The van der Waals surface area contributed by atoms with Crippen LogP contribution in [0.2, 0.25) is 0 Å². The maximum absolute atomic E-state index is 5.91. The molecule has 6 aromatic rings. The molecule has 0 fully saturated rings. The molecule has 0 atom stereocenters. The van der Waals surface area contributed by atoms with E-state index in [1.54, 1.807) is 26.9 Å². The molecule has 6 rings (SSSR count). The number of ether oxygens (including phenoxy) is 1. The maximum atomic E-state index is 5.91. The predicted molar refractivity (Wildman–Crippen MR) is 129 cm³/mol. The van der Waals surface area contributed by atoms with Crippen LogP contribution in [0.5, 0.6) is 5.75 Å². The standard InChI is InChI=1S/C24H21N7OS/c1-13-7-14(2)9-17(8-13)32-12-30-6-5-18(28-30)22-27-23-21-20(25-11-31(23)29-22)19-15(3)10-16(4)26-24(19)33-21/h5-11H,12H2,1-4H3. The Morgan fingerprint density at radius 1 is 0.970 bits per heavy atom. The van der Waals surface area contributed by atoms with Gasteiger partial charge in [-0.1, -0.05) is 6.07 Å². The quantitative estimate of drug-likeness (QED) is 0.371. The number of nitrogens with zero attached hydrogens (tertiary/aromatic N) is 7. The van der Waals surface area contributed by atoms with Crippen LogP contribution in [0.1, 0.15) is 22.4 Å². The molecule has 9 heteroatoms. The van der Waals surface area contributed by atoms with Crippen LogP contribution < -0.4 is 4.74 Å². The lowest BCUT2D eigenvalue weighted by Gasteiger charge is -2.08. The number of hydrogen-bond donors (Lipinski definition) is 0. The van der Waals surface area contributed by atoms with Crippen molar-refractivity contribution < 1.29 is 4.74 Å². The first-order valence-electron chi connectivity index (χ1n) is 10.6. The van der Waals surface area contributed by atoms with E-state index >= 15 is 0 Å². The summed E-state index contributed by atoms with van der Waals surface area (Å²) in [6, 6.07) is 10.1. The van der Waals surface area contributed by atoms with Crippen LogP contribution in [-0.4, -0.2) is 34.3 Å². The summed E-state index contributed by atoms with van der Waals surface area (Å²) in [6.07, 6.45) is 3.58. The first-order valence-corrected chi connectivity index (χ1v) is 11.4. The third-order valence-corrected chi connectivity index (χ3v) is 6.59. The lowest BCUT2D eigenvalue weighted by atomic mass is 10.1. The predicted octanol–water partition coefficient (Wildman–Crippen LogP) is 5.02. The Kier molecular flexibility index (Phi) is 4.41. The zero-order valence-corrected chi connectivity index (χ0v) is 19.5. The van der Waals surface area contributed by atoms with Gasteiger partial charge >= 0.3 is 0 Å². The molecule has 5 heterocycles. The van der Waals surface area contributed by atoms with E-state index < -0.39 is 0 Å². The van der Waals surface area contributed by atoms with E-state index in [-0.39, 0.29) is 0 Å². The lowest BCUT2D eigenvalue weighted by Crippen LogP contribution is -2.06. The third kappa shape index (κ3) is 3.41. The number of fused-ring (bicyclic) bond motifs is 5. The molecule has 1 aromatic carbocycles. The van der Waals surface area contributed by atoms with E-state index in [4.69, 9.17) is 14.7 Å². The summed E-state index contributed by atoms with van der Waals surface area (Å²) in [5.41, 5.74) is 6.86. The number of aromatic nitrogens is 7. The first kappa shape index (κ1) is 19.8. The van der Waals surface area contributed by atoms with Crippen molar-refractivity contribution in [2.75, 3.05) is 0 Å². The molecule has 0 unspecified atom stereocenters. The SMILES string of the molecule is Cc1cc(C)cc(OCn2ccc(-c3nc4c5sc6nc(C)cc(C)c6c5ncn4n3)n2)c1. The second-order valence-electron chi connectivity index (χ2n) is 8.33. The number of aryl methyl sites for hydroxylation is 4. The van der Waals surface area contributed by atoms with Crippen LogP contribution in [0.25, 0.3) is 37.6 Å². The number of thiophene rings is 1. The molecule has 164 valence electrons. The molecule has 0 aliphatic carbocycles. The second-order valence-corrected chi connectivity index (χ2v) is 9.33. The highest BCUT2D eigenvalue weighted by atomic mass is 32.1. The minimum atomic E-state index is 0.308.